The maximum atomic E-state index is 12.6. The van der Waals surface area contributed by atoms with Crippen LogP contribution in [0.5, 0.6) is 11.5 Å². The minimum Gasteiger partial charge on any atom is -0.457 e. The summed E-state index contributed by atoms with van der Waals surface area (Å²) >= 11 is 0. The van der Waals surface area contributed by atoms with Gasteiger partial charge < -0.3 is 14.4 Å². The first-order chi connectivity index (χ1) is 13.5. The lowest BCUT2D eigenvalue weighted by molar-refractivity contribution is -0.141. The van der Waals surface area contributed by atoms with Gasteiger partial charge in [0, 0.05) is 13.1 Å². The van der Waals surface area contributed by atoms with Crippen molar-refractivity contribution in [2.24, 2.45) is 0 Å². The smallest absolute Gasteiger partial charge is 0.338 e. The molecule has 28 heavy (non-hydrogen) atoms. The number of ether oxygens (including phenoxy) is 2. The van der Waals surface area contributed by atoms with Crippen molar-refractivity contribution in [2.75, 3.05) is 7.05 Å². The Morgan fingerprint density at radius 1 is 0.929 bits per heavy atom. The summed E-state index contributed by atoms with van der Waals surface area (Å²) in [4.78, 5) is 26.7. The first-order valence-electron chi connectivity index (χ1n) is 9.85. The molecule has 0 aromatic heterocycles. The molecule has 0 aliphatic heterocycles. The van der Waals surface area contributed by atoms with Gasteiger partial charge in [-0.1, -0.05) is 37.5 Å². The molecule has 1 amide bonds. The number of hydrogen-bond acceptors (Lipinski definition) is 4. The van der Waals surface area contributed by atoms with Crippen molar-refractivity contribution in [1.29, 1.82) is 0 Å². The highest BCUT2D eigenvalue weighted by molar-refractivity contribution is 5.92. The Morgan fingerprint density at radius 3 is 2.18 bits per heavy atom. The molecule has 3 rings (SSSR count). The highest BCUT2D eigenvalue weighted by Crippen LogP contribution is 2.23. The number of nitrogens with zero attached hydrogens (tertiary/aromatic N) is 1. The van der Waals surface area contributed by atoms with Crippen LogP contribution in [0.4, 0.5) is 0 Å². The van der Waals surface area contributed by atoms with E-state index in [2.05, 4.69) is 0 Å². The van der Waals surface area contributed by atoms with Gasteiger partial charge in [-0.05, 0) is 56.2 Å². The summed E-state index contributed by atoms with van der Waals surface area (Å²) in [7, 11) is 1.80. The molecule has 1 atom stereocenters. The lowest BCUT2D eigenvalue weighted by Crippen LogP contribution is -2.44. The third-order valence-electron chi connectivity index (χ3n) is 5.17. The molecule has 1 aliphatic rings. The number of hydrogen-bond donors (Lipinski definition) is 0. The van der Waals surface area contributed by atoms with Crippen LogP contribution in [0.2, 0.25) is 0 Å². The number of para-hydroxylation sites is 1. The van der Waals surface area contributed by atoms with Crippen LogP contribution in [0.3, 0.4) is 0 Å². The van der Waals surface area contributed by atoms with Crippen LogP contribution < -0.4 is 4.74 Å². The van der Waals surface area contributed by atoms with Gasteiger partial charge in [0.1, 0.15) is 11.5 Å². The predicted molar refractivity (Wildman–Crippen MR) is 107 cm³/mol. The molecule has 5 heteroatoms. The molecule has 5 nitrogen and oxygen atoms in total. The summed E-state index contributed by atoms with van der Waals surface area (Å²) < 4.78 is 11.1. The first-order valence-corrected chi connectivity index (χ1v) is 9.85. The zero-order chi connectivity index (χ0) is 19.9. The van der Waals surface area contributed by atoms with Crippen LogP contribution in [0.1, 0.15) is 49.4 Å². The van der Waals surface area contributed by atoms with E-state index in [4.69, 9.17) is 9.47 Å². The van der Waals surface area contributed by atoms with Crippen molar-refractivity contribution in [1.82, 2.24) is 4.90 Å². The molecule has 0 N–H and O–H groups in total. The van der Waals surface area contributed by atoms with Crippen LogP contribution in [0, 0.1) is 0 Å². The monoisotopic (exact) mass is 381 g/mol. The maximum Gasteiger partial charge on any atom is 0.338 e. The fraction of sp³-hybridized carbons (Fsp3) is 0.391. The van der Waals surface area contributed by atoms with Crippen molar-refractivity contribution in [3.8, 4) is 11.5 Å². The molecular weight excluding hydrogens is 354 g/mol. The minimum absolute atomic E-state index is 0.149. The molecule has 1 fully saturated rings. The number of carbonyl (C=O) groups excluding carboxylic acids is 2. The van der Waals surface area contributed by atoms with Crippen molar-refractivity contribution in [3.05, 3.63) is 60.2 Å². The van der Waals surface area contributed by atoms with Gasteiger partial charge in [-0.25, -0.2) is 4.79 Å². The number of esters is 1. The average molecular weight is 381 g/mol. The number of amides is 1. The van der Waals surface area contributed by atoms with Crippen molar-refractivity contribution < 1.29 is 19.1 Å². The molecular formula is C23H27NO4. The summed E-state index contributed by atoms with van der Waals surface area (Å²) in [5.74, 6) is 0.695. The topological polar surface area (TPSA) is 55.8 Å². The second-order valence-electron chi connectivity index (χ2n) is 7.23. The second kappa shape index (κ2) is 9.40. The van der Waals surface area contributed by atoms with Gasteiger partial charge >= 0.3 is 5.97 Å². The van der Waals surface area contributed by atoms with Crippen molar-refractivity contribution >= 4 is 11.9 Å². The van der Waals surface area contributed by atoms with Crippen LogP contribution in [-0.2, 0) is 9.53 Å². The Morgan fingerprint density at radius 2 is 1.54 bits per heavy atom. The zero-order valence-corrected chi connectivity index (χ0v) is 16.5. The number of rotatable bonds is 6. The molecule has 0 radical (unpaired) electrons. The lowest BCUT2D eigenvalue weighted by atomic mass is 9.94. The molecule has 1 aliphatic carbocycles. The lowest BCUT2D eigenvalue weighted by Gasteiger charge is -2.32. The third-order valence-corrected chi connectivity index (χ3v) is 5.17. The molecule has 0 spiro atoms. The summed E-state index contributed by atoms with van der Waals surface area (Å²) in [6.07, 6.45) is 4.76. The van der Waals surface area contributed by atoms with Gasteiger partial charge in [0.25, 0.3) is 5.91 Å². The highest BCUT2D eigenvalue weighted by Gasteiger charge is 2.27. The normalized spacial score (nSPS) is 15.5. The highest BCUT2D eigenvalue weighted by atomic mass is 16.5. The van der Waals surface area contributed by atoms with Gasteiger partial charge in [0.05, 0.1) is 5.56 Å². The van der Waals surface area contributed by atoms with Gasteiger partial charge in [-0.15, -0.1) is 0 Å². The standard InChI is InChI=1S/C23H27NO4/c1-17(22(25)24(2)19-9-5-3-6-10-19)27-23(26)18-13-15-21(16-14-18)28-20-11-7-4-8-12-20/h4,7-8,11-17,19H,3,5-6,9-10H2,1-2H3/t17-/m1/s1. The molecule has 0 heterocycles. The van der Waals surface area contributed by atoms with E-state index in [0.717, 1.165) is 31.4 Å². The fourth-order valence-corrected chi connectivity index (χ4v) is 3.50. The summed E-state index contributed by atoms with van der Waals surface area (Å²) in [5, 5.41) is 0. The van der Waals surface area contributed by atoms with Crippen LogP contribution in [0.25, 0.3) is 0 Å². The van der Waals surface area contributed by atoms with Crippen molar-refractivity contribution in [3.63, 3.8) is 0 Å². The molecule has 2 aromatic rings. The van der Waals surface area contributed by atoms with Crippen LogP contribution in [0.15, 0.2) is 54.6 Å². The zero-order valence-electron chi connectivity index (χ0n) is 16.5. The number of carbonyl (C=O) groups is 2. The molecule has 0 bridgehead atoms. The number of benzene rings is 2. The Balaban J connectivity index is 1.55. The van der Waals surface area contributed by atoms with Crippen LogP contribution in [-0.4, -0.2) is 36.0 Å². The molecule has 0 saturated heterocycles. The number of likely N-dealkylation sites (N-methyl/N-ethyl adjacent to an activating group) is 1. The van der Waals surface area contributed by atoms with Gasteiger partial charge in [-0.2, -0.15) is 0 Å². The Kier molecular flexibility index (Phi) is 6.69. The van der Waals surface area contributed by atoms with E-state index in [9.17, 15) is 9.59 Å². The quantitative estimate of drug-likeness (QED) is 0.674. The van der Waals surface area contributed by atoms with Gasteiger partial charge in [0.2, 0.25) is 0 Å². The summed E-state index contributed by atoms with van der Waals surface area (Å²) in [6, 6.07) is 16.4. The van der Waals surface area contributed by atoms with E-state index in [1.807, 2.05) is 30.3 Å². The Labute approximate surface area is 166 Å². The third kappa shape index (κ3) is 5.12. The first kappa shape index (κ1) is 19.9. The molecule has 148 valence electrons. The maximum absolute atomic E-state index is 12.6. The van der Waals surface area contributed by atoms with Crippen molar-refractivity contribution in [2.45, 2.75) is 51.2 Å². The van der Waals surface area contributed by atoms with E-state index in [1.54, 1.807) is 43.1 Å². The Bertz CT molecular complexity index is 782. The van der Waals surface area contributed by atoms with E-state index >= 15 is 0 Å². The minimum atomic E-state index is -0.806. The SMILES string of the molecule is C[C@@H](OC(=O)c1ccc(Oc2ccccc2)cc1)C(=O)N(C)C1CCCCC1. The van der Waals surface area contributed by atoms with E-state index in [-0.39, 0.29) is 11.9 Å². The Hall–Kier alpha value is -2.82. The fourth-order valence-electron chi connectivity index (χ4n) is 3.50. The average Bonchev–Trinajstić information content (AvgIpc) is 2.74. The van der Waals surface area contributed by atoms with Crippen LogP contribution >= 0.6 is 0 Å². The van der Waals surface area contributed by atoms with E-state index in [0.29, 0.717) is 11.3 Å². The van der Waals surface area contributed by atoms with E-state index < -0.39 is 12.1 Å². The molecule has 2 aromatic carbocycles. The largest absolute Gasteiger partial charge is 0.457 e. The van der Waals surface area contributed by atoms with Gasteiger partial charge in [0.15, 0.2) is 6.10 Å². The predicted octanol–water partition coefficient (Wildman–Crippen LogP) is 4.82. The summed E-state index contributed by atoms with van der Waals surface area (Å²) in [5.41, 5.74) is 0.389. The van der Waals surface area contributed by atoms with E-state index in [1.165, 1.54) is 6.42 Å². The summed E-state index contributed by atoms with van der Waals surface area (Å²) in [6.45, 7) is 1.63. The second-order valence-corrected chi connectivity index (χ2v) is 7.23. The van der Waals surface area contributed by atoms with Gasteiger partial charge in [-0.3, -0.25) is 4.79 Å². The molecule has 1 saturated carbocycles. The molecule has 0 unspecified atom stereocenters.